The van der Waals surface area contributed by atoms with E-state index in [1.807, 2.05) is 0 Å². The van der Waals surface area contributed by atoms with E-state index >= 15 is 0 Å². The van der Waals surface area contributed by atoms with Crippen LogP contribution in [0.5, 0.6) is 0 Å². The zero-order chi connectivity index (χ0) is 11.6. The van der Waals surface area contributed by atoms with Crippen LogP contribution in [0.3, 0.4) is 0 Å². The fourth-order valence-electron chi connectivity index (χ4n) is 1.18. The molecule has 1 heterocycles. The molecular weight excluding hydrogens is 232 g/mol. The van der Waals surface area contributed by atoms with E-state index in [1.165, 1.54) is 0 Å². The molecule has 8 nitrogen and oxygen atoms in total. The third-order valence-corrected chi connectivity index (χ3v) is 2.36. The molecule has 1 aliphatic heterocycles. The predicted octanol–water partition coefficient (Wildman–Crippen LogP) is -1.59. The third-order valence-electron chi connectivity index (χ3n) is 1.87. The highest BCUT2D eigenvalue weighted by Gasteiger charge is 2.36. The predicted molar refractivity (Wildman–Crippen MR) is 44.4 cm³/mol. The Morgan fingerprint density at radius 3 is 2.47 bits per heavy atom. The molecule has 1 aliphatic rings. The Bertz CT molecular complexity index is 335. The molecule has 3 N–H and O–H groups in total. The van der Waals surface area contributed by atoms with Crippen molar-refractivity contribution in [1.29, 1.82) is 0 Å². The molecule has 88 valence electrons. The monoisotopic (exact) mass is 242 g/mol. The average Bonchev–Trinajstić information content (AvgIpc) is 2.05. The Balaban J connectivity index is 2.57. The lowest BCUT2D eigenvalue weighted by Crippen LogP contribution is -2.46. The molecule has 0 bridgehead atoms. The summed E-state index contributed by atoms with van der Waals surface area (Å²) in [6, 6.07) is 0. The number of hydrogen-bond donors (Lipinski definition) is 3. The van der Waals surface area contributed by atoms with Gasteiger partial charge in [-0.2, -0.15) is 8.42 Å². The molecule has 0 aromatic rings. The van der Waals surface area contributed by atoms with Crippen LogP contribution in [0.15, 0.2) is 0 Å². The smallest absolute Gasteiger partial charge is 0.397 e. The van der Waals surface area contributed by atoms with E-state index in [-0.39, 0.29) is 6.42 Å². The molecule has 0 spiro atoms. The minimum absolute atomic E-state index is 0.296. The van der Waals surface area contributed by atoms with Gasteiger partial charge in [-0.05, 0) is 0 Å². The number of aliphatic hydroxyl groups excluding tert-OH is 1. The van der Waals surface area contributed by atoms with Crippen molar-refractivity contribution in [3.05, 3.63) is 0 Å². The molecule has 1 saturated heterocycles. The fourth-order valence-corrected chi connectivity index (χ4v) is 1.68. The Kier molecular flexibility index (Phi) is 3.62. The van der Waals surface area contributed by atoms with E-state index in [1.54, 1.807) is 0 Å². The van der Waals surface area contributed by atoms with Gasteiger partial charge in [0.25, 0.3) is 0 Å². The molecule has 0 aliphatic carbocycles. The van der Waals surface area contributed by atoms with Crippen LogP contribution in [0.25, 0.3) is 0 Å². The number of carboxylic acid groups (broad SMARTS) is 1. The minimum Gasteiger partial charge on any atom is -0.479 e. The van der Waals surface area contributed by atoms with Crippen molar-refractivity contribution >= 4 is 16.4 Å². The second kappa shape index (κ2) is 4.41. The molecule has 0 amide bonds. The number of hydrogen-bond acceptors (Lipinski definition) is 6. The van der Waals surface area contributed by atoms with Crippen LogP contribution < -0.4 is 0 Å². The topological polar surface area (TPSA) is 130 Å². The lowest BCUT2D eigenvalue weighted by molar-refractivity contribution is -0.166. The quantitative estimate of drug-likeness (QED) is 0.505. The lowest BCUT2D eigenvalue weighted by Gasteiger charge is -2.29. The van der Waals surface area contributed by atoms with Crippen LogP contribution in [0.2, 0.25) is 0 Å². The highest BCUT2D eigenvalue weighted by Crippen LogP contribution is 2.18. The zero-order valence-electron chi connectivity index (χ0n) is 7.44. The maximum Gasteiger partial charge on any atom is 0.397 e. The van der Waals surface area contributed by atoms with Gasteiger partial charge in [0.1, 0.15) is 6.10 Å². The molecular formula is C6H10O8S. The fraction of sp³-hybridized carbons (Fsp3) is 0.833. The number of ether oxygens (including phenoxy) is 1. The largest absolute Gasteiger partial charge is 0.479 e. The maximum absolute atomic E-state index is 10.4. The van der Waals surface area contributed by atoms with Crippen LogP contribution in [0.4, 0.5) is 0 Å². The van der Waals surface area contributed by atoms with Crippen LogP contribution in [0, 0.1) is 0 Å². The Hall–Kier alpha value is -0.740. The number of carboxylic acids is 1. The van der Waals surface area contributed by atoms with Gasteiger partial charge in [0.15, 0.2) is 6.10 Å². The highest BCUT2D eigenvalue weighted by molar-refractivity contribution is 7.80. The van der Waals surface area contributed by atoms with Gasteiger partial charge < -0.3 is 14.9 Å². The first-order chi connectivity index (χ1) is 6.79. The van der Waals surface area contributed by atoms with Crippen molar-refractivity contribution in [1.82, 2.24) is 0 Å². The van der Waals surface area contributed by atoms with Gasteiger partial charge in [0.05, 0.1) is 12.7 Å². The van der Waals surface area contributed by atoms with Gasteiger partial charge in [-0.15, -0.1) is 0 Å². The molecule has 1 fully saturated rings. The summed E-state index contributed by atoms with van der Waals surface area (Å²) in [4.78, 5) is 10.4. The SMILES string of the molecule is O=C(O)C1C[C@H](O)C(OS(=O)(=O)O)CO1. The Labute approximate surface area is 85.4 Å². The highest BCUT2D eigenvalue weighted by atomic mass is 32.3. The van der Waals surface area contributed by atoms with Crippen molar-refractivity contribution in [2.45, 2.75) is 24.7 Å². The number of aliphatic hydroxyl groups is 1. The van der Waals surface area contributed by atoms with E-state index < -0.39 is 41.3 Å². The average molecular weight is 242 g/mol. The first-order valence-electron chi connectivity index (χ1n) is 3.98. The molecule has 3 atom stereocenters. The van der Waals surface area contributed by atoms with Crippen LogP contribution in [-0.4, -0.2) is 54.1 Å². The molecule has 2 unspecified atom stereocenters. The summed E-state index contributed by atoms with van der Waals surface area (Å²) in [5.41, 5.74) is 0. The summed E-state index contributed by atoms with van der Waals surface area (Å²) in [6.45, 7) is -0.419. The van der Waals surface area contributed by atoms with Crippen molar-refractivity contribution < 1.29 is 36.9 Å². The molecule has 0 radical (unpaired) electrons. The summed E-state index contributed by atoms with van der Waals surface area (Å²) in [5, 5.41) is 17.8. The molecule has 0 aromatic carbocycles. The second-order valence-electron chi connectivity index (χ2n) is 3.03. The van der Waals surface area contributed by atoms with Crippen molar-refractivity contribution in [3.63, 3.8) is 0 Å². The summed E-state index contributed by atoms with van der Waals surface area (Å²) in [6.07, 6.45) is -4.09. The second-order valence-corrected chi connectivity index (χ2v) is 4.07. The third kappa shape index (κ3) is 3.72. The summed E-state index contributed by atoms with van der Waals surface area (Å²) in [7, 11) is -4.68. The first kappa shape index (κ1) is 12.3. The molecule has 9 heteroatoms. The van der Waals surface area contributed by atoms with Gasteiger partial charge in [-0.25, -0.2) is 8.98 Å². The van der Waals surface area contributed by atoms with E-state index in [0.29, 0.717) is 0 Å². The van der Waals surface area contributed by atoms with Crippen molar-refractivity contribution in [2.75, 3.05) is 6.61 Å². The lowest BCUT2D eigenvalue weighted by atomic mass is 10.0. The van der Waals surface area contributed by atoms with Gasteiger partial charge in [-0.3, -0.25) is 4.55 Å². The zero-order valence-corrected chi connectivity index (χ0v) is 8.25. The van der Waals surface area contributed by atoms with E-state index in [0.717, 1.165) is 0 Å². The van der Waals surface area contributed by atoms with Crippen molar-refractivity contribution in [2.24, 2.45) is 0 Å². The summed E-state index contributed by atoms with van der Waals surface area (Å²) < 4.78 is 37.7. The normalized spacial score (nSPS) is 32.5. The van der Waals surface area contributed by atoms with Gasteiger partial charge >= 0.3 is 16.4 Å². The van der Waals surface area contributed by atoms with Gasteiger partial charge in [0, 0.05) is 6.42 Å². The van der Waals surface area contributed by atoms with Crippen LogP contribution >= 0.6 is 0 Å². The van der Waals surface area contributed by atoms with Gasteiger partial charge in [0.2, 0.25) is 0 Å². The maximum atomic E-state index is 10.4. The number of rotatable bonds is 3. The molecule has 0 saturated carbocycles. The number of carbonyl (C=O) groups is 1. The van der Waals surface area contributed by atoms with Crippen LogP contribution in [0.1, 0.15) is 6.42 Å². The van der Waals surface area contributed by atoms with E-state index in [2.05, 4.69) is 4.18 Å². The van der Waals surface area contributed by atoms with Gasteiger partial charge in [-0.1, -0.05) is 0 Å². The van der Waals surface area contributed by atoms with Crippen LogP contribution in [-0.2, 0) is 24.1 Å². The van der Waals surface area contributed by atoms with E-state index in [4.69, 9.17) is 14.4 Å². The molecule has 15 heavy (non-hydrogen) atoms. The standard InChI is InChI=1S/C6H10O8S/c7-3-1-4(6(8)9)13-2-5(3)14-15(10,11)12/h3-5,7H,1-2H2,(H,8,9)(H,10,11,12)/t3-,4?,5?/m0/s1. The van der Waals surface area contributed by atoms with Crippen molar-refractivity contribution in [3.8, 4) is 0 Å². The Morgan fingerprint density at radius 2 is 2.07 bits per heavy atom. The first-order valence-corrected chi connectivity index (χ1v) is 5.34. The Morgan fingerprint density at radius 1 is 1.47 bits per heavy atom. The summed E-state index contributed by atoms with van der Waals surface area (Å²) in [5.74, 6) is -1.25. The number of aliphatic carboxylic acids is 1. The molecule has 0 aromatic heterocycles. The molecule has 1 rings (SSSR count). The minimum atomic E-state index is -4.68. The summed E-state index contributed by atoms with van der Waals surface area (Å²) >= 11 is 0. The van der Waals surface area contributed by atoms with E-state index in [9.17, 15) is 18.3 Å².